The van der Waals surface area contributed by atoms with Crippen LogP contribution in [0.15, 0.2) is 18.2 Å². The standard InChI is InChI=1S/C11H16INO2/c1-7-3-4-9(8(2)6-15-12)5-10(7)11(13)14/h3-5,8,11,14H,6,13H2,1-2H3. The second kappa shape index (κ2) is 5.79. The molecule has 2 atom stereocenters. The highest BCUT2D eigenvalue weighted by molar-refractivity contribution is 14.1. The van der Waals surface area contributed by atoms with E-state index < -0.39 is 6.23 Å². The van der Waals surface area contributed by atoms with Gasteiger partial charge in [-0.3, -0.25) is 0 Å². The maximum Gasteiger partial charge on any atom is 0.128 e. The molecule has 0 radical (unpaired) electrons. The molecular formula is C11H16INO2. The second-order valence-corrected chi connectivity index (χ2v) is 4.36. The molecule has 0 heterocycles. The Morgan fingerprint density at radius 3 is 2.73 bits per heavy atom. The number of rotatable bonds is 4. The van der Waals surface area contributed by atoms with Crippen LogP contribution in [0.3, 0.4) is 0 Å². The van der Waals surface area contributed by atoms with Crippen molar-refractivity contribution in [3.05, 3.63) is 34.9 Å². The van der Waals surface area contributed by atoms with Gasteiger partial charge in [0.15, 0.2) is 0 Å². The first-order valence-electron chi connectivity index (χ1n) is 4.84. The van der Waals surface area contributed by atoms with Crippen LogP contribution in [0, 0.1) is 6.92 Å². The van der Waals surface area contributed by atoms with E-state index in [2.05, 4.69) is 6.92 Å². The third-order valence-corrected chi connectivity index (χ3v) is 2.86. The first-order valence-corrected chi connectivity index (χ1v) is 5.72. The summed E-state index contributed by atoms with van der Waals surface area (Å²) in [5, 5.41) is 9.39. The number of aliphatic hydroxyl groups excluding tert-OH is 1. The Bertz CT molecular complexity index is 328. The largest absolute Gasteiger partial charge is 0.375 e. The van der Waals surface area contributed by atoms with E-state index in [1.54, 1.807) is 0 Å². The van der Waals surface area contributed by atoms with Crippen molar-refractivity contribution in [3.63, 3.8) is 0 Å². The van der Waals surface area contributed by atoms with Gasteiger partial charge in [-0.05, 0) is 23.6 Å². The molecule has 15 heavy (non-hydrogen) atoms. The number of nitrogens with two attached hydrogens (primary N) is 1. The highest BCUT2D eigenvalue weighted by atomic mass is 127. The molecule has 3 N–H and O–H groups in total. The minimum absolute atomic E-state index is 0.306. The normalized spacial score (nSPS) is 15.0. The van der Waals surface area contributed by atoms with Gasteiger partial charge in [0.05, 0.1) is 6.61 Å². The second-order valence-electron chi connectivity index (χ2n) is 3.74. The number of hydrogen-bond acceptors (Lipinski definition) is 3. The summed E-state index contributed by atoms with van der Waals surface area (Å²) < 4.78 is 5.06. The fraction of sp³-hybridized carbons (Fsp3) is 0.455. The number of aliphatic hydroxyl groups is 1. The first-order chi connectivity index (χ1) is 7.06. The fourth-order valence-electron chi connectivity index (χ4n) is 1.47. The van der Waals surface area contributed by atoms with Gasteiger partial charge in [0.2, 0.25) is 0 Å². The summed E-state index contributed by atoms with van der Waals surface area (Å²) >= 11 is 1.88. The SMILES string of the molecule is Cc1ccc(C(C)COI)cc1C(N)O. The first kappa shape index (κ1) is 12.9. The van der Waals surface area contributed by atoms with Crippen molar-refractivity contribution in [1.29, 1.82) is 0 Å². The van der Waals surface area contributed by atoms with Crippen LogP contribution in [0.2, 0.25) is 0 Å². The maximum absolute atomic E-state index is 9.39. The summed E-state index contributed by atoms with van der Waals surface area (Å²) in [6, 6.07) is 5.96. The summed E-state index contributed by atoms with van der Waals surface area (Å²) in [4.78, 5) is 0. The van der Waals surface area contributed by atoms with Crippen molar-refractivity contribution in [2.75, 3.05) is 6.61 Å². The number of aryl methyl sites for hydroxylation is 1. The van der Waals surface area contributed by atoms with Gasteiger partial charge >= 0.3 is 0 Å². The van der Waals surface area contributed by atoms with Gasteiger partial charge in [0, 0.05) is 5.92 Å². The van der Waals surface area contributed by atoms with Crippen LogP contribution in [-0.2, 0) is 3.07 Å². The molecule has 4 heteroatoms. The summed E-state index contributed by atoms with van der Waals surface area (Å²) in [5.74, 6) is 0.306. The Morgan fingerprint density at radius 1 is 1.53 bits per heavy atom. The van der Waals surface area contributed by atoms with Crippen LogP contribution < -0.4 is 5.73 Å². The number of hydrogen-bond donors (Lipinski definition) is 2. The molecule has 1 aromatic carbocycles. The lowest BCUT2D eigenvalue weighted by molar-refractivity contribution is 0.185. The molecule has 0 saturated heterocycles. The van der Waals surface area contributed by atoms with Gasteiger partial charge < -0.3 is 13.9 Å². The Kier molecular flexibility index (Phi) is 4.98. The predicted molar refractivity (Wildman–Crippen MR) is 68.7 cm³/mol. The molecule has 3 nitrogen and oxygen atoms in total. The molecular weight excluding hydrogens is 305 g/mol. The van der Waals surface area contributed by atoms with Crippen LogP contribution in [-0.4, -0.2) is 11.7 Å². The van der Waals surface area contributed by atoms with Crippen molar-refractivity contribution in [2.45, 2.75) is 26.0 Å². The predicted octanol–water partition coefficient (Wildman–Crippen LogP) is 2.41. The minimum atomic E-state index is -0.905. The van der Waals surface area contributed by atoms with E-state index in [0.29, 0.717) is 12.5 Å². The quantitative estimate of drug-likeness (QED) is 0.661. The van der Waals surface area contributed by atoms with E-state index >= 15 is 0 Å². The van der Waals surface area contributed by atoms with E-state index in [4.69, 9.17) is 8.80 Å². The molecule has 0 spiro atoms. The van der Waals surface area contributed by atoms with E-state index in [1.807, 2.05) is 48.1 Å². The molecule has 0 bridgehead atoms. The third kappa shape index (κ3) is 3.41. The van der Waals surface area contributed by atoms with Crippen molar-refractivity contribution < 1.29 is 8.17 Å². The van der Waals surface area contributed by atoms with Crippen molar-refractivity contribution in [3.8, 4) is 0 Å². The van der Waals surface area contributed by atoms with Crippen LogP contribution in [0.5, 0.6) is 0 Å². The summed E-state index contributed by atoms with van der Waals surface area (Å²) in [6.45, 7) is 4.68. The topological polar surface area (TPSA) is 55.5 Å². The molecule has 0 aromatic heterocycles. The zero-order chi connectivity index (χ0) is 11.4. The highest BCUT2D eigenvalue weighted by Crippen LogP contribution is 2.22. The van der Waals surface area contributed by atoms with Crippen LogP contribution in [0.1, 0.15) is 35.8 Å². The summed E-state index contributed by atoms with van der Waals surface area (Å²) in [7, 11) is 0. The van der Waals surface area contributed by atoms with Crippen molar-refractivity contribution >= 4 is 23.0 Å². The zero-order valence-corrected chi connectivity index (χ0v) is 11.1. The minimum Gasteiger partial charge on any atom is -0.375 e. The molecule has 0 amide bonds. The van der Waals surface area contributed by atoms with E-state index in [-0.39, 0.29) is 0 Å². The monoisotopic (exact) mass is 321 g/mol. The molecule has 84 valence electrons. The van der Waals surface area contributed by atoms with Gasteiger partial charge in [-0.1, -0.05) is 25.1 Å². The average molecular weight is 321 g/mol. The Hall–Kier alpha value is -0.170. The molecule has 0 aliphatic rings. The lowest BCUT2D eigenvalue weighted by Gasteiger charge is -2.14. The van der Waals surface area contributed by atoms with E-state index in [0.717, 1.165) is 16.7 Å². The smallest absolute Gasteiger partial charge is 0.128 e. The van der Waals surface area contributed by atoms with E-state index in [9.17, 15) is 5.11 Å². The summed E-state index contributed by atoms with van der Waals surface area (Å²) in [5.41, 5.74) is 8.41. The van der Waals surface area contributed by atoms with Crippen LogP contribution >= 0.6 is 23.0 Å². The van der Waals surface area contributed by atoms with Gasteiger partial charge in [0.1, 0.15) is 29.2 Å². The molecule has 0 aliphatic carbocycles. The molecule has 0 saturated carbocycles. The third-order valence-electron chi connectivity index (χ3n) is 2.50. The lowest BCUT2D eigenvalue weighted by atomic mass is 9.96. The average Bonchev–Trinajstić information content (AvgIpc) is 2.18. The van der Waals surface area contributed by atoms with Gasteiger partial charge in [-0.15, -0.1) is 0 Å². The summed E-state index contributed by atoms with van der Waals surface area (Å²) in [6.07, 6.45) is -0.905. The Labute approximate surface area is 104 Å². The van der Waals surface area contributed by atoms with Gasteiger partial charge in [0.25, 0.3) is 0 Å². The molecule has 0 fully saturated rings. The van der Waals surface area contributed by atoms with Crippen LogP contribution in [0.25, 0.3) is 0 Å². The fourth-order valence-corrected chi connectivity index (χ4v) is 2.01. The van der Waals surface area contributed by atoms with E-state index in [1.165, 1.54) is 0 Å². The maximum atomic E-state index is 9.39. The number of benzene rings is 1. The van der Waals surface area contributed by atoms with Crippen LogP contribution in [0.4, 0.5) is 0 Å². The Morgan fingerprint density at radius 2 is 2.20 bits per heavy atom. The van der Waals surface area contributed by atoms with Crippen molar-refractivity contribution in [2.24, 2.45) is 5.73 Å². The lowest BCUT2D eigenvalue weighted by Crippen LogP contribution is -2.11. The number of halogens is 1. The zero-order valence-electron chi connectivity index (χ0n) is 8.90. The van der Waals surface area contributed by atoms with Crippen molar-refractivity contribution in [1.82, 2.24) is 0 Å². The Balaban J connectivity index is 2.96. The molecule has 1 aromatic rings. The highest BCUT2D eigenvalue weighted by Gasteiger charge is 2.10. The molecule has 2 unspecified atom stereocenters. The molecule has 1 rings (SSSR count). The van der Waals surface area contributed by atoms with Gasteiger partial charge in [-0.2, -0.15) is 0 Å². The molecule has 0 aliphatic heterocycles. The van der Waals surface area contributed by atoms with Gasteiger partial charge in [-0.25, -0.2) is 0 Å².